The van der Waals surface area contributed by atoms with Crippen LogP contribution in [0.5, 0.6) is 17.2 Å². The van der Waals surface area contributed by atoms with Crippen molar-refractivity contribution in [3.05, 3.63) is 141 Å². The first-order valence-corrected chi connectivity index (χ1v) is 28.0. The van der Waals surface area contributed by atoms with Gasteiger partial charge in [0.25, 0.3) is 21.6 Å². The zero-order valence-corrected chi connectivity index (χ0v) is 44.6. The van der Waals surface area contributed by atoms with E-state index in [0.29, 0.717) is 43.6 Å². The number of aliphatic hydroxyl groups is 1. The van der Waals surface area contributed by atoms with E-state index in [1.165, 1.54) is 58.9 Å². The molecule has 4 aromatic carbocycles. The number of nitro benzene ring substituents is 1. The van der Waals surface area contributed by atoms with Crippen LogP contribution in [0.3, 0.4) is 0 Å². The number of hydrogen-bond acceptors (Lipinski definition) is 13. The molecule has 5 heterocycles. The van der Waals surface area contributed by atoms with E-state index in [2.05, 4.69) is 105 Å². The molecule has 2 aromatic heterocycles. The third kappa shape index (κ3) is 10.2. The van der Waals surface area contributed by atoms with Crippen LogP contribution in [-0.4, -0.2) is 102 Å². The Hall–Kier alpha value is -6.60. The summed E-state index contributed by atoms with van der Waals surface area (Å²) in [4.78, 5) is 39.8. The molecule has 3 aliphatic heterocycles. The summed E-state index contributed by atoms with van der Waals surface area (Å²) in [7, 11) is -4.65. The van der Waals surface area contributed by atoms with Gasteiger partial charge < -0.3 is 29.8 Å². The summed E-state index contributed by atoms with van der Waals surface area (Å²) in [5, 5.41) is 25.9. The monoisotopic (exact) mass is 1050 g/mol. The van der Waals surface area contributed by atoms with Gasteiger partial charge in [-0.05, 0) is 110 Å². The van der Waals surface area contributed by atoms with Gasteiger partial charge in [0.05, 0.1) is 39.2 Å². The summed E-state index contributed by atoms with van der Waals surface area (Å²) in [5.41, 5.74) is 5.32. The number of sulfonamides is 1. The smallest absolute Gasteiger partial charge is 0.293 e. The standard InChI is InChI=1S/C58H67FN8O8S/c1-36(2)43-8-6-7-9-44(43)51-32-64(31-38-10-14-47-53(22-38)74-35-56(47,3)4)20-21-66(51)40-26-58(27-40)33-65(34-58)39-11-13-45(52(23-39)75-41-24-46-48(59)30-62-54(46)61-29-41)55(68)63-76(72,73)42-12-15-49(50(25-42)67(70)71)60-28-37-16-18-57(5,69)19-17-37/h6-15,22-25,29-30,36-37,40,51,60,69H,16-21,26-28,31-35H2,1-5H3,(H,61,62)(H,63,68)/t37-,51-,57-/m0/s1. The van der Waals surface area contributed by atoms with Crippen molar-refractivity contribution in [2.45, 2.75) is 114 Å². The van der Waals surface area contributed by atoms with E-state index in [4.69, 9.17) is 9.47 Å². The number of aromatic nitrogens is 2. The molecule has 0 unspecified atom stereocenters. The summed E-state index contributed by atoms with van der Waals surface area (Å²) in [6.45, 7) is 17.2. The molecule has 2 saturated heterocycles. The van der Waals surface area contributed by atoms with Gasteiger partial charge in [-0.15, -0.1) is 0 Å². The van der Waals surface area contributed by atoms with Gasteiger partial charge >= 0.3 is 0 Å². The first-order chi connectivity index (χ1) is 36.2. The summed E-state index contributed by atoms with van der Waals surface area (Å²) < 4.78 is 57.0. The van der Waals surface area contributed by atoms with Crippen LogP contribution in [0, 0.1) is 27.3 Å². The first-order valence-electron chi connectivity index (χ1n) is 26.6. The minimum absolute atomic E-state index is 0.0160. The minimum Gasteiger partial charge on any atom is -0.492 e. The van der Waals surface area contributed by atoms with Gasteiger partial charge in [0.2, 0.25) is 0 Å². The second kappa shape index (κ2) is 19.8. The molecule has 2 saturated carbocycles. The van der Waals surface area contributed by atoms with Gasteiger partial charge in [0.15, 0.2) is 0 Å². The summed E-state index contributed by atoms with van der Waals surface area (Å²) >= 11 is 0. The maximum absolute atomic E-state index is 14.7. The molecule has 6 aromatic rings. The van der Waals surface area contributed by atoms with Gasteiger partial charge in [0, 0.05) is 98.3 Å². The quantitative estimate of drug-likeness (QED) is 0.0561. The fourth-order valence-corrected chi connectivity index (χ4v) is 13.4. The Labute approximate surface area is 443 Å². The topological polar surface area (TPSA) is 195 Å². The molecule has 1 atom stereocenters. The highest BCUT2D eigenvalue weighted by atomic mass is 32.2. The number of halogens is 1. The number of fused-ring (bicyclic) bond motifs is 2. The van der Waals surface area contributed by atoms with Crippen LogP contribution < -0.4 is 24.4 Å². The summed E-state index contributed by atoms with van der Waals surface area (Å²) in [5.74, 6) is 0.138. The van der Waals surface area contributed by atoms with E-state index in [1.54, 1.807) is 19.1 Å². The number of carbonyl (C=O) groups is 1. The second-order valence-electron chi connectivity index (χ2n) is 23.4. The Morgan fingerprint density at radius 2 is 1.79 bits per heavy atom. The van der Waals surface area contributed by atoms with Crippen molar-refractivity contribution in [2.75, 3.05) is 56.1 Å². The molecule has 76 heavy (non-hydrogen) atoms. The van der Waals surface area contributed by atoms with Crippen LogP contribution in [0.15, 0.2) is 102 Å². The molecule has 16 nitrogen and oxygen atoms in total. The maximum atomic E-state index is 14.7. The number of hydrogen-bond donors (Lipinski definition) is 4. The van der Waals surface area contributed by atoms with Crippen molar-refractivity contribution in [1.82, 2.24) is 24.5 Å². The number of amides is 1. The van der Waals surface area contributed by atoms with Gasteiger partial charge in [-0.25, -0.2) is 22.5 Å². The summed E-state index contributed by atoms with van der Waals surface area (Å²) in [6.07, 6.45) is 7.37. The number of nitrogens with zero attached hydrogens (tertiary/aromatic N) is 5. The van der Waals surface area contributed by atoms with Crippen molar-refractivity contribution >= 4 is 44.0 Å². The maximum Gasteiger partial charge on any atom is 0.293 e. The average molecular weight is 1060 g/mol. The average Bonchev–Trinajstić information content (AvgIpc) is 3.89. The molecule has 11 rings (SSSR count). The fraction of sp³-hybridized carbons (Fsp3) is 0.448. The molecular formula is C58H67FN8O8S. The van der Waals surface area contributed by atoms with Crippen molar-refractivity contribution in [3.8, 4) is 17.2 Å². The van der Waals surface area contributed by atoms with Crippen molar-refractivity contribution < 1.29 is 37.1 Å². The first kappa shape index (κ1) is 51.5. The highest BCUT2D eigenvalue weighted by Crippen LogP contribution is 2.54. The van der Waals surface area contributed by atoms with Gasteiger partial charge in [-0.2, -0.15) is 0 Å². The molecule has 5 aliphatic rings. The fourth-order valence-electron chi connectivity index (χ4n) is 12.5. The number of nitrogens with one attached hydrogen (secondary N) is 3. The van der Waals surface area contributed by atoms with E-state index in [9.17, 15) is 32.8 Å². The lowest BCUT2D eigenvalue weighted by Crippen LogP contribution is -2.68. The van der Waals surface area contributed by atoms with Crippen LogP contribution >= 0.6 is 0 Å². The van der Waals surface area contributed by atoms with Crippen LogP contribution in [0.1, 0.15) is 118 Å². The van der Waals surface area contributed by atoms with Crippen molar-refractivity contribution in [2.24, 2.45) is 11.3 Å². The predicted octanol–water partition coefficient (Wildman–Crippen LogP) is 10.2. The van der Waals surface area contributed by atoms with E-state index in [0.717, 1.165) is 82.5 Å². The number of piperazine rings is 1. The number of aromatic amines is 1. The third-order valence-electron chi connectivity index (χ3n) is 16.8. The number of H-pyrrole nitrogens is 1. The lowest BCUT2D eigenvalue weighted by molar-refractivity contribution is -0.384. The molecule has 2 aliphatic carbocycles. The number of anilines is 2. The molecule has 400 valence electrons. The normalized spacial score (nSPS) is 22.4. The molecule has 1 spiro atoms. The van der Waals surface area contributed by atoms with Crippen LogP contribution in [-0.2, 0) is 22.0 Å². The molecule has 4 N–H and O–H groups in total. The molecule has 18 heteroatoms. The number of rotatable bonds is 15. The molecule has 0 radical (unpaired) electrons. The molecule has 0 bridgehead atoms. The molecular weight excluding hydrogens is 988 g/mol. The number of ether oxygens (including phenoxy) is 2. The highest BCUT2D eigenvalue weighted by Gasteiger charge is 2.55. The number of pyridine rings is 1. The number of benzene rings is 4. The Kier molecular flexibility index (Phi) is 13.4. The number of carbonyl (C=O) groups excluding carboxylic acids is 1. The number of nitro groups is 1. The van der Waals surface area contributed by atoms with Crippen molar-refractivity contribution in [3.63, 3.8) is 0 Å². The van der Waals surface area contributed by atoms with E-state index in [-0.39, 0.29) is 50.9 Å². The van der Waals surface area contributed by atoms with Gasteiger partial charge in [-0.1, -0.05) is 64.1 Å². The van der Waals surface area contributed by atoms with Gasteiger partial charge in [0.1, 0.15) is 34.4 Å². The zero-order valence-electron chi connectivity index (χ0n) is 43.8. The lowest BCUT2D eigenvalue weighted by atomic mass is 9.59. The Balaban J connectivity index is 0.792. The lowest BCUT2D eigenvalue weighted by Gasteiger charge is -2.63. The minimum atomic E-state index is -4.65. The van der Waals surface area contributed by atoms with Gasteiger partial charge in [-0.3, -0.25) is 24.7 Å². The molecule has 1 amide bonds. The largest absolute Gasteiger partial charge is 0.492 e. The van der Waals surface area contributed by atoms with Crippen LogP contribution in [0.4, 0.5) is 21.5 Å². The Morgan fingerprint density at radius 3 is 2.55 bits per heavy atom. The Bertz CT molecular complexity index is 3320. The predicted molar refractivity (Wildman–Crippen MR) is 289 cm³/mol. The third-order valence-corrected chi connectivity index (χ3v) is 18.2. The summed E-state index contributed by atoms with van der Waals surface area (Å²) in [6, 6.07) is 26.2. The second-order valence-corrected chi connectivity index (χ2v) is 25.1. The van der Waals surface area contributed by atoms with E-state index in [1.807, 2.05) is 0 Å². The van der Waals surface area contributed by atoms with Crippen LogP contribution in [0.2, 0.25) is 0 Å². The van der Waals surface area contributed by atoms with E-state index >= 15 is 0 Å². The van der Waals surface area contributed by atoms with Crippen LogP contribution in [0.25, 0.3) is 11.0 Å². The zero-order chi connectivity index (χ0) is 53.3. The molecule has 4 fully saturated rings. The highest BCUT2D eigenvalue weighted by molar-refractivity contribution is 7.90. The van der Waals surface area contributed by atoms with E-state index < -0.39 is 42.9 Å². The van der Waals surface area contributed by atoms with Crippen molar-refractivity contribution in [1.29, 1.82) is 0 Å². The SMILES string of the molecule is CC(C)c1ccccc1[C@@H]1CN(Cc2ccc3c(c2)OCC3(C)C)CCN1C1CC2(C1)CN(c1ccc(C(=O)NS(=O)(=O)c3ccc(NC[C@H]4CC[C@](C)(O)CC4)c([N+](=O)[O-])c3)c(Oc3cnc4[nH]cc(F)c4c3)c1)C2. The Morgan fingerprint density at radius 1 is 1.01 bits per heavy atom.